The average molecular weight is 359 g/mol. The summed E-state index contributed by atoms with van der Waals surface area (Å²) in [6.07, 6.45) is 6.34. The highest BCUT2D eigenvalue weighted by atomic mass is 32.1. The monoisotopic (exact) mass is 359 g/mol. The number of hydrogen-bond acceptors (Lipinski definition) is 5. The third-order valence-corrected chi connectivity index (χ3v) is 5.86. The summed E-state index contributed by atoms with van der Waals surface area (Å²) < 4.78 is 0.994. The first-order valence-corrected chi connectivity index (χ1v) is 9.91. The van der Waals surface area contributed by atoms with E-state index in [4.69, 9.17) is 5.73 Å². The molecule has 1 amide bonds. The molecule has 1 aromatic carbocycles. The topological polar surface area (TPSA) is 85.1 Å². The lowest BCUT2D eigenvalue weighted by atomic mass is 10.0. The summed E-state index contributed by atoms with van der Waals surface area (Å²) in [5.41, 5.74) is 6.40. The normalized spacial score (nSPS) is 16.2. The largest absolute Gasteiger partial charge is 0.346 e. The average Bonchev–Trinajstić information content (AvgIpc) is 3.29. The number of ketones is 1. The third-order valence-electron chi connectivity index (χ3n) is 4.81. The number of para-hydroxylation sites is 1. The van der Waals surface area contributed by atoms with Gasteiger partial charge >= 0.3 is 0 Å². The molecular formula is C19H25N3O2S. The number of Topliss-reactive ketones (excluding diaryl/α,β-unsaturated/α-hetero) is 1. The number of aromatic nitrogens is 1. The zero-order valence-electron chi connectivity index (χ0n) is 14.4. The summed E-state index contributed by atoms with van der Waals surface area (Å²) in [5, 5.41) is 3.48. The summed E-state index contributed by atoms with van der Waals surface area (Å²) in [4.78, 5) is 29.9. The Morgan fingerprint density at radius 1 is 1.24 bits per heavy atom. The van der Waals surface area contributed by atoms with Gasteiger partial charge in [-0.2, -0.15) is 0 Å². The molecule has 1 aliphatic carbocycles. The molecule has 6 heteroatoms. The molecule has 134 valence electrons. The lowest BCUT2D eigenvalue weighted by molar-refractivity contribution is -0.125. The van der Waals surface area contributed by atoms with E-state index in [2.05, 4.69) is 10.3 Å². The number of benzene rings is 1. The molecular weight excluding hydrogens is 334 g/mol. The number of unbranched alkanes of at least 4 members (excludes halogenated alkanes) is 1. The van der Waals surface area contributed by atoms with E-state index < -0.39 is 6.04 Å². The first-order valence-electron chi connectivity index (χ1n) is 9.09. The van der Waals surface area contributed by atoms with Crippen LogP contribution in [0.15, 0.2) is 24.3 Å². The van der Waals surface area contributed by atoms with Crippen LogP contribution in [0, 0.1) is 5.92 Å². The molecule has 0 saturated heterocycles. The quantitative estimate of drug-likeness (QED) is 0.559. The number of carbonyl (C=O) groups excluding carboxylic acids is 2. The summed E-state index contributed by atoms with van der Waals surface area (Å²) >= 11 is 1.40. The minimum atomic E-state index is -0.500. The number of hydrogen-bond donors (Lipinski definition) is 2. The van der Waals surface area contributed by atoms with E-state index >= 15 is 0 Å². The third kappa shape index (κ3) is 4.44. The molecule has 1 fully saturated rings. The van der Waals surface area contributed by atoms with E-state index in [9.17, 15) is 9.59 Å². The van der Waals surface area contributed by atoms with Crippen molar-refractivity contribution < 1.29 is 9.59 Å². The van der Waals surface area contributed by atoms with E-state index in [-0.39, 0.29) is 17.6 Å². The van der Waals surface area contributed by atoms with Crippen molar-refractivity contribution in [3.63, 3.8) is 0 Å². The molecule has 0 radical (unpaired) electrons. The van der Waals surface area contributed by atoms with Crippen molar-refractivity contribution in [2.75, 3.05) is 6.54 Å². The van der Waals surface area contributed by atoms with E-state index in [1.165, 1.54) is 11.3 Å². The number of nitrogens with one attached hydrogen (secondary N) is 1. The van der Waals surface area contributed by atoms with Crippen LogP contribution in [0.5, 0.6) is 0 Å². The van der Waals surface area contributed by atoms with Crippen LogP contribution in [-0.4, -0.2) is 29.3 Å². The second-order valence-electron chi connectivity index (χ2n) is 6.68. The Hall–Kier alpha value is -1.79. The first-order chi connectivity index (χ1) is 12.2. The van der Waals surface area contributed by atoms with Crippen LogP contribution >= 0.6 is 11.3 Å². The summed E-state index contributed by atoms with van der Waals surface area (Å²) in [7, 11) is 0. The van der Waals surface area contributed by atoms with Gasteiger partial charge < -0.3 is 11.1 Å². The molecule has 2 aromatic rings. The second kappa shape index (κ2) is 8.54. The van der Waals surface area contributed by atoms with Gasteiger partial charge in [-0.25, -0.2) is 4.98 Å². The van der Waals surface area contributed by atoms with Gasteiger partial charge in [-0.05, 0) is 50.8 Å². The van der Waals surface area contributed by atoms with Gasteiger partial charge in [-0.3, -0.25) is 9.59 Å². The van der Waals surface area contributed by atoms with Gasteiger partial charge in [0.1, 0.15) is 0 Å². The lowest BCUT2D eigenvalue weighted by Crippen LogP contribution is -2.43. The maximum atomic E-state index is 13.0. The highest BCUT2D eigenvalue weighted by Gasteiger charge is 2.29. The van der Waals surface area contributed by atoms with Gasteiger partial charge in [0.25, 0.3) is 0 Å². The van der Waals surface area contributed by atoms with Crippen LogP contribution in [0.4, 0.5) is 0 Å². The highest BCUT2D eigenvalue weighted by Crippen LogP contribution is 2.26. The van der Waals surface area contributed by atoms with Crippen LogP contribution in [0.3, 0.4) is 0 Å². The lowest BCUT2D eigenvalue weighted by Gasteiger charge is -2.19. The molecule has 0 unspecified atom stereocenters. The number of fused-ring (bicyclic) bond motifs is 1. The predicted octanol–water partition coefficient (Wildman–Crippen LogP) is 3.28. The zero-order valence-corrected chi connectivity index (χ0v) is 15.2. The zero-order chi connectivity index (χ0) is 17.6. The van der Waals surface area contributed by atoms with E-state index in [1.807, 2.05) is 24.3 Å². The highest BCUT2D eigenvalue weighted by molar-refractivity contribution is 7.20. The fraction of sp³-hybridized carbons (Fsp3) is 0.526. The van der Waals surface area contributed by atoms with Crippen molar-refractivity contribution in [2.45, 2.75) is 51.0 Å². The molecule has 1 atom stereocenters. The predicted molar refractivity (Wildman–Crippen MR) is 101 cm³/mol. The molecule has 1 heterocycles. The molecule has 5 nitrogen and oxygen atoms in total. The number of carbonyl (C=O) groups is 2. The van der Waals surface area contributed by atoms with Crippen molar-refractivity contribution in [1.29, 1.82) is 0 Å². The summed E-state index contributed by atoms with van der Waals surface area (Å²) in [5.74, 6) is -0.00514. The SMILES string of the molecule is NCCCC[C@H](NC(=O)C1CCCC1)C(=O)c1nc2ccccc2s1. The van der Waals surface area contributed by atoms with Gasteiger partial charge in [0, 0.05) is 5.92 Å². The van der Waals surface area contributed by atoms with Gasteiger partial charge in [-0.1, -0.05) is 25.0 Å². The van der Waals surface area contributed by atoms with E-state index in [1.54, 1.807) is 0 Å². The molecule has 0 aliphatic heterocycles. The van der Waals surface area contributed by atoms with Crippen LogP contribution < -0.4 is 11.1 Å². The summed E-state index contributed by atoms with van der Waals surface area (Å²) in [6.45, 7) is 0.596. The van der Waals surface area contributed by atoms with Gasteiger partial charge in [0.15, 0.2) is 5.01 Å². The molecule has 1 aromatic heterocycles. The fourth-order valence-electron chi connectivity index (χ4n) is 3.37. The summed E-state index contributed by atoms with van der Waals surface area (Å²) in [6, 6.07) is 7.22. The Morgan fingerprint density at radius 3 is 2.72 bits per heavy atom. The number of amides is 1. The van der Waals surface area contributed by atoms with E-state index in [0.717, 1.165) is 48.7 Å². The van der Waals surface area contributed by atoms with Crippen LogP contribution in [-0.2, 0) is 4.79 Å². The number of nitrogens with two attached hydrogens (primary N) is 1. The maximum Gasteiger partial charge on any atom is 0.223 e. The van der Waals surface area contributed by atoms with Gasteiger partial charge in [0.2, 0.25) is 11.7 Å². The molecule has 1 aliphatic rings. The smallest absolute Gasteiger partial charge is 0.223 e. The van der Waals surface area contributed by atoms with Gasteiger partial charge in [-0.15, -0.1) is 11.3 Å². The van der Waals surface area contributed by atoms with Crippen molar-refractivity contribution in [3.8, 4) is 0 Å². The Labute approximate surface area is 152 Å². The minimum absolute atomic E-state index is 0.0182. The standard InChI is InChI=1S/C19H25N3O2S/c20-12-6-5-10-15(21-18(24)13-7-1-2-8-13)17(23)19-22-14-9-3-4-11-16(14)25-19/h3-4,9,11,13,15H,1-2,5-8,10,12,20H2,(H,21,24)/t15-/m0/s1. The Bertz CT molecular complexity index is 704. The van der Waals surface area contributed by atoms with Crippen LogP contribution in [0.2, 0.25) is 0 Å². The molecule has 0 spiro atoms. The molecule has 1 saturated carbocycles. The van der Waals surface area contributed by atoms with Crippen molar-refractivity contribution in [3.05, 3.63) is 29.3 Å². The molecule has 25 heavy (non-hydrogen) atoms. The molecule has 0 bridgehead atoms. The van der Waals surface area contributed by atoms with Crippen molar-refractivity contribution >= 4 is 33.2 Å². The molecule has 3 N–H and O–H groups in total. The Morgan fingerprint density at radius 2 is 2.00 bits per heavy atom. The minimum Gasteiger partial charge on any atom is -0.346 e. The maximum absolute atomic E-state index is 13.0. The van der Waals surface area contributed by atoms with E-state index in [0.29, 0.717) is 18.0 Å². The van der Waals surface area contributed by atoms with Crippen molar-refractivity contribution in [1.82, 2.24) is 10.3 Å². The number of rotatable bonds is 8. The van der Waals surface area contributed by atoms with Crippen LogP contribution in [0.25, 0.3) is 10.2 Å². The molecule has 3 rings (SSSR count). The first kappa shape index (κ1) is 18.0. The second-order valence-corrected chi connectivity index (χ2v) is 7.71. The Balaban J connectivity index is 1.74. The van der Waals surface area contributed by atoms with Gasteiger partial charge in [0.05, 0.1) is 16.3 Å². The van der Waals surface area contributed by atoms with Crippen molar-refractivity contribution in [2.24, 2.45) is 11.7 Å². The fourth-order valence-corrected chi connectivity index (χ4v) is 4.33. The Kier molecular flexibility index (Phi) is 6.15. The van der Waals surface area contributed by atoms with Crippen LogP contribution in [0.1, 0.15) is 54.7 Å². The number of nitrogens with zero attached hydrogens (tertiary/aromatic N) is 1. The number of thiazole rings is 1.